The summed E-state index contributed by atoms with van der Waals surface area (Å²) in [5.74, 6) is -0.460. The lowest BCUT2D eigenvalue weighted by molar-refractivity contribution is -0.120. The molecular weight excluding hydrogens is 232 g/mol. The molecule has 0 spiro atoms. The number of rotatable bonds is 6. The van der Waals surface area contributed by atoms with Crippen LogP contribution in [0.1, 0.15) is 22.8 Å². The lowest BCUT2D eigenvalue weighted by atomic mass is 10.1. The molecule has 0 fully saturated rings. The molecule has 5 heteroatoms. The van der Waals surface area contributed by atoms with E-state index in [0.717, 1.165) is 5.56 Å². The standard InChI is InChI=1S/C13H18N2O3/c1-3-14-12(16)8-15-13(17)11-6-4-5-10(7-11)9-18-2/h4-7H,3,8-9H2,1-2H3,(H,14,16)(H,15,17). The minimum atomic E-state index is -0.265. The monoisotopic (exact) mass is 250 g/mol. The van der Waals surface area contributed by atoms with E-state index in [-0.39, 0.29) is 18.4 Å². The topological polar surface area (TPSA) is 67.4 Å². The van der Waals surface area contributed by atoms with Crippen molar-refractivity contribution in [2.75, 3.05) is 20.2 Å². The Morgan fingerprint density at radius 3 is 2.72 bits per heavy atom. The van der Waals surface area contributed by atoms with Crippen LogP contribution >= 0.6 is 0 Å². The first-order chi connectivity index (χ1) is 8.67. The number of amides is 2. The molecule has 2 amide bonds. The zero-order valence-electron chi connectivity index (χ0n) is 10.7. The maximum atomic E-state index is 11.8. The van der Waals surface area contributed by atoms with Crippen LogP contribution in [-0.2, 0) is 16.1 Å². The quantitative estimate of drug-likeness (QED) is 0.781. The molecule has 1 aromatic rings. The van der Waals surface area contributed by atoms with E-state index in [0.29, 0.717) is 18.7 Å². The number of carbonyl (C=O) groups excluding carboxylic acids is 2. The van der Waals surface area contributed by atoms with E-state index in [9.17, 15) is 9.59 Å². The molecule has 0 atom stereocenters. The van der Waals surface area contributed by atoms with Crippen molar-refractivity contribution in [1.29, 1.82) is 0 Å². The van der Waals surface area contributed by atoms with Gasteiger partial charge in [-0.1, -0.05) is 12.1 Å². The Balaban J connectivity index is 2.55. The van der Waals surface area contributed by atoms with Gasteiger partial charge in [-0.05, 0) is 24.6 Å². The minimum absolute atomic E-state index is 0.0127. The van der Waals surface area contributed by atoms with Crippen LogP contribution < -0.4 is 10.6 Å². The van der Waals surface area contributed by atoms with E-state index in [1.807, 2.05) is 13.0 Å². The van der Waals surface area contributed by atoms with Gasteiger partial charge >= 0.3 is 0 Å². The van der Waals surface area contributed by atoms with Gasteiger partial charge < -0.3 is 15.4 Å². The number of likely N-dealkylation sites (N-methyl/N-ethyl adjacent to an activating group) is 1. The molecule has 1 aromatic carbocycles. The Morgan fingerprint density at radius 2 is 2.06 bits per heavy atom. The first kappa shape index (κ1) is 14.2. The summed E-state index contributed by atoms with van der Waals surface area (Å²) in [6.07, 6.45) is 0. The van der Waals surface area contributed by atoms with Gasteiger partial charge in [0.05, 0.1) is 13.2 Å². The highest BCUT2D eigenvalue weighted by molar-refractivity contribution is 5.96. The van der Waals surface area contributed by atoms with Crippen molar-refractivity contribution in [3.05, 3.63) is 35.4 Å². The lowest BCUT2D eigenvalue weighted by Gasteiger charge is -2.06. The molecule has 0 aliphatic carbocycles. The van der Waals surface area contributed by atoms with Crippen LogP contribution in [0.4, 0.5) is 0 Å². The van der Waals surface area contributed by atoms with Gasteiger partial charge in [0.2, 0.25) is 5.91 Å². The van der Waals surface area contributed by atoms with Crippen LogP contribution in [-0.4, -0.2) is 32.0 Å². The number of ether oxygens (including phenoxy) is 1. The molecule has 0 unspecified atom stereocenters. The molecule has 1 rings (SSSR count). The first-order valence-electron chi connectivity index (χ1n) is 5.80. The fraction of sp³-hybridized carbons (Fsp3) is 0.385. The van der Waals surface area contributed by atoms with Crippen molar-refractivity contribution in [2.45, 2.75) is 13.5 Å². The van der Waals surface area contributed by atoms with Crippen LogP contribution in [0.15, 0.2) is 24.3 Å². The van der Waals surface area contributed by atoms with Gasteiger partial charge in [-0.15, -0.1) is 0 Å². The van der Waals surface area contributed by atoms with Crippen molar-refractivity contribution in [2.24, 2.45) is 0 Å². The summed E-state index contributed by atoms with van der Waals surface area (Å²) < 4.78 is 5.00. The van der Waals surface area contributed by atoms with Gasteiger partial charge in [-0.3, -0.25) is 9.59 Å². The number of benzene rings is 1. The second-order valence-electron chi connectivity index (χ2n) is 3.77. The molecule has 0 saturated carbocycles. The number of methoxy groups -OCH3 is 1. The average molecular weight is 250 g/mol. The number of hydrogen-bond acceptors (Lipinski definition) is 3. The van der Waals surface area contributed by atoms with Crippen LogP contribution in [0.2, 0.25) is 0 Å². The second kappa shape index (κ2) is 7.45. The molecule has 0 heterocycles. The Morgan fingerprint density at radius 1 is 1.28 bits per heavy atom. The summed E-state index contributed by atoms with van der Waals surface area (Å²) in [4.78, 5) is 23.0. The van der Waals surface area contributed by atoms with Gasteiger partial charge in [0.25, 0.3) is 5.91 Å². The zero-order valence-corrected chi connectivity index (χ0v) is 10.7. The molecule has 2 N–H and O–H groups in total. The predicted octanol–water partition coefficient (Wildman–Crippen LogP) is 0.699. The maximum Gasteiger partial charge on any atom is 0.251 e. The van der Waals surface area contributed by atoms with Crippen molar-refractivity contribution >= 4 is 11.8 Å². The molecule has 18 heavy (non-hydrogen) atoms. The van der Waals surface area contributed by atoms with Crippen molar-refractivity contribution < 1.29 is 14.3 Å². The lowest BCUT2D eigenvalue weighted by Crippen LogP contribution is -2.36. The highest BCUT2D eigenvalue weighted by atomic mass is 16.5. The first-order valence-corrected chi connectivity index (χ1v) is 5.80. The highest BCUT2D eigenvalue weighted by Crippen LogP contribution is 2.06. The van der Waals surface area contributed by atoms with Gasteiger partial charge in [-0.2, -0.15) is 0 Å². The molecule has 0 bridgehead atoms. The summed E-state index contributed by atoms with van der Waals surface area (Å²) >= 11 is 0. The van der Waals surface area contributed by atoms with Crippen LogP contribution in [0, 0.1) is 0 Å². The Bertz CT molecular complexity index is 418. The predicted molar refractivity (Wildman–Crippen MR) is 68.2 cm³/mol. The summed E-state index contributed by atoms with van der Waals surface area (Å²) in [6, 6.07) is 7.11. The Hall–Kier alpha value is -1.88. The van der Waals surface area contributed by atoms with Gasteiger partial charge in [0, 0.05) is 19.2 Å². The SMILES string of the molecule is CCNC(=O)CNC(=O)c1cccc(COC)c1. The van der Waals surface area contributed by atoms with E-state index in [1.165, 1.54) is 0 Å². The van der Waals surface area contributed by atoms with E-state index >= 15 is 0 Å². The normalized spacial score (nSPS) is 9.89. The van der Waals surface area contributed by atoms with Crippen LogP contribution in [0.5, 0.6) is 0 Å². The molecule has 5 nitrogen and oxygen atoms in total. The van der Waals surface area contributed by atoms with E-state index in [1.54, 1.807) is 25.3 Å². The van der Waals surface area contributed by atoms with Crippen molar-refractivity contribution in [3.63, 3.8) is 0 Å². The van der Waals surface area contributed by atoms with Crippen LogP contribution in [0.3, 0.4) is 0 Å². The molecule has 0 aromatic heterocycles. The van der Waals surface area contributed by atoms with Gasteiger partial charge in [0.15, 0.2) is 0 Å². The Kier molecular flexibility index (Phi) is 5.87. The summed E-state index contributed by atoms with van der Waals surface area (Å²) in [5.41, 5.74) is 1.44. The van der Waals surface area contributed by atoms with E-state index < -0.39 is 0 Å². The van der Waals surface area contributed by atoms with Gasteiger partial charge in [0.1, 0.15) is 0 Å². The summed E-state index contributed by atoms with van der Waals surface area (Å²) in [7, 11) is 1.60. The number of carbonyl (C=O) groups is 2. The van der Waals surface area contributed by atoms with Crippen molar-refractivity contribution in [3.8, 4) is 0 Å². The fourth-order valence-electron chi connectivity index (χ4n) is 1.49. The minimum Gasteiger partial charge on any atom is -0.380 e. The third-order valence-corrected chi connectivity index (χ3v) is 2.28. The van der Waals surface area contributed by atoms with Gasteiger partial charge in [-0.25, -0.2) is 0 Å². The summed E-state index contributed by atoms with van der Waals surface area (Å²) in [6.45, 7) is 2.82. The third-order valence-electron chi connectivity index (χ3n) is 2.28. The molecule has 0 aliphatic rings. The molecular formula is C13H18N2O3. The molecule has 0 aliphatic heterocycles. The largest absolute Gasteiger partial charge is 0.380 e. The molecule has 0 radical (unpaired) electrons. The van der Waals surface area contributed by atoms with E-state index in [2.05, 4.69) is 10.6 Å². The number of hydrogen-bond donors (Lipinski definition) is 2. The molecule has 98 valence electrons. The Labute approximate surface area is 107 Å². The smallest absolute Gasteiger partial charge is 0.251 e. The maximum absolute atomic E-state index is 11.8. The van der Waals surface area contributed by atoms with Crippen molar-refractivity contribution in [1.82, 2.24) is 10.6 Å². The van der Waals surface area contributed by atoms with E-state index in [4.69, 9.17) is 4.74 Å². The summed E-state index contributed by atoms with van der Waals surface area (Å²) in [5, 5.41) is 5.17. The zero-order chi connectivity index (χ0) is 13.4. The average Bonchev–Trinajstić information content (AvgIpc) is 2.37. The third kappa shape index (κ3) is 4.55. The second-order valence-corrected chi connectivity index (χ2v) is 3.77. The fourth-order valence-corrected chi connectivity index (χ4v) is 1.49. The highest BCUT2D eigenvalue weighted by Gasteiger charge is 2.07. The van der Waals surface area contributed by atoms with Crippen LogP contribution in [0.25, 0.3) is 0 Å². The number of nitrogens with one attached hydrogen (secondary N) is 2. The molecule has 0 saturated heterocycles.